The van der Waals surface area contributed by atoms with E-state index in [0.717, 1.165) is 0 Å². The number of hydrogen-bond donors (Lipinski definition) is 2. The molecule has 7 heteroatoms. The number of amides is 3. The summed E-state index contributed by atoms with van der Waals surface area (Å²) in [5.41, 5.74) is 1.86. The normalized spacial score (nSPS) is 15.7. The Balaban J connectivity index is 1.64. The Bertz CT molecular complexity index is 853. The Labute approximate surface area is 143 Å². The van der Waals surface area contributed by atoms with Crippen molar-refractivity contribution in [2.45, 2.75) is 12.6 Å². The molecule has 6 nitrogen and oxygen atoms in total. The van der Waals surface area contributed by atoms with Crippen molar-refractivity contribution in [1.82, 2.24) is 10.6 Å². The molecule has 2 N–H and O–H groups in total. The molecule has 1 aliphatic heterocycles. The number of anilines is 1. The molecule has 1 atom stereocenters. The van der Waals surface area contributed by atoms with Crippen LogP contribution < -0.4 is 15.5 Å². The van der Waals surface area contributed by atoms with Gasteiger partial charge in [-0.25, -0.2) is 4.39 Å². The van der Waals surface area contributed by atoms with Crippen LogP contribution in [0.5, 0.6) is 0 Å². The first-order chi connectivity index (χ1) is 12.0. The molecule has 2 aromatic rings. The number of likely N-dealkylation sites (N-methyl/N-ethyl adjacent to an activating group) is 1. The molecule has 0 unspecified atom stereocenters. The lowest BCUT2D eigenvalue weighted by molar-refractivity contribution is -0.140. The van der Waals surface area contributed by atoms with Crippen LogP contribution in [0.15, 0.2) is 48.5 Å². The van der Waals surface area contributed by atoms with Crippen LogP contribution in [0.3, 0.4) is 0 Å². The smallest absolute Gasteiger partial charge is 0.310 e. The third-order valence-electron chi connectivity index (χ3n) is 4.01. The van der Waals surface area contributed by atoms with Gasteiger partial charge in [-0.2, -0.15) is 0 Å². The maximum Gasteiger partial charge on any atom is 0.310 e. The first-order valence-electron chi connectivity index (χ1n) is 7.67. The highest BCUT2D eigenvalue weighted by Crippen LogP contribution is 2.34. The van der Waals surface area contributed by atoms with E-state index in [-0.39, 0.29) is 12.5 Å². The monoisotopic (exact) mass is 341 g/mol. The average molecular weight is 341 g/mol. The van der Waals surface area contributed by atoms with Gasteiger partial charge >= 0.3 is 11.8 Å². The van der Waals surface area contributed by atoms with Crippen LogP contribution in [0.2, 0.25) is 0 Å². The minimum atomic E-state index is -0.917. The van der Waals surface area contributed by atoms with E-state index in [1.54, 1.807) is 37.4 Å². The third-order valence-corrected chi connectivity index (χ3v) is 4.01. The minimum absolute atomic E-state index is 0.0130. The van der Waals surface area contributed by atoms with Crippen LogP contribution in [-0.2, 0) is 20.9 Å². The van der Waals surface area contributed by atoms with Gasteiger partial charge in [-0.15, -0.1) is 0 Å². The van der Waals surface area contributed by atoms with Crippen molar-refractivity contribution < 1.29 is 18.8 Å². The molecule has 0 bridgehead atoms. The molecule has 0 aromatic heterocycles. The Morgan fingerprint density at radius 2 is 1.88 bits per heavy atom. The number of nitrogens with one attached hydrogen (secondary N) is 2. The predicted octanol–water partition coefficient (Wildman–Crippen LogP) is 1.28. The summed E-state index contributed by atoms with van der Waals surface area (Å²) in [7, 11) is 1.61. The van der Waals surface area contributed by atoms with Gasteiger partial charge in [-0.3, -0.25) is 14.4 Å². The molecule has 0 aliphatic carbocycles. The lowest BCUT2D eigenvalue weighted by atomic mass is 10.1. The zero-order valence-electron chi connectivity index (χ0n) is 13.5. The highest BCUT2D eigenvalue weighted by molar-refractivity contribution is 6.35. The summed E-state index contributed by atoms with van der Waals surface area (Å²) in [5.74, 6) is -2.54. The van der Waals surface area contributed by atoms with E-state index in [9.17, 15) is 18.8 Å². The van der Waals surface area contributed by atoms with Crippen LogP contribution in [0.4, 0.5) is 10.1 Å². The minimum Gasteiger partial charge on any atom is -0.344 e. The second-order valence-electron chi connectivity index (χ2n) is 5.68. The summed E-state index contributed by atoms with van der Waals surface area (Å²) in [6.45, 7) is 0.0130. The number of rotatable bonds is 3. The molecule has 25 heavy (non-hydrogen) atoms. The molecule has 1 heterocycles. The molecule has 3 amide bonds. The van der Waals surface area contributed by atoms with Crippen molar-refractivity contribution in [3.8, 4) is 0 Å². The van der Waals surface area contributed by atoms with Crippen LogP contribution in [0.25, 0.3) is 0 Å². The second kappa shape index (κ2) is 6.72. The highest BCUT2D eigenvalue weighted by Gasteiger charge is 2.36. The fraction of sp³-hybridized carbons (Fsp3) is 0.167. The van der Waals surface area contributed by atoms with E-state index in [2.05, 4.69) is 10.6 Å². The van der Waals surface area contributed by atoms with Crippen molar-refractivity contribution in [3.05, 3.63) is 65.5 Å². The van der Waals surface area contributed by atoms with Crippen LogP contribution >= 0.6 is 0 Å². The van der Waals surface area contributed by atoms with Crippen LogP contribution in [0, 0.1) is 5.82 Å². The van der Waals surface area contributed by atoms with E-state index in [0.29, 0.717) is 16.8 Å². The molecule has 128 valence electrons. The van der Waals surface area contributed by atoms with Gasteiger partial charge in [0.1, 0.15) is 11.9 Å². The van der Waals surface area contributed by atoms with Gasteiger partial charge in [0.05, 0.1) is 0 Å². The SMILES string of the molecule is CN1C(=O)[C@H](NC(=O)C(=O)NCc2cccc(F)c2)c2ccccc21. The van der Waals surface area contributed by atoms with Crippen LogP contribution in [0.1, 0.15) is 17.2 Å². The van der Waals surface area contributed by atoms with Crippen molar-refractivity contribution >= 4 is 23.4 Å². The number of carbonyl (C=O) groups excluding carboxylic acids is 3. The summed E-state index contributed by atoms with van der Waals surface area (Å²) in [6, 6.07) is 11.9. The third kappa shape index (κ3) is 3.35. The lowest BCUT2D eigenvalue weighted by Crippen LogP contribution is -2.43. The van der Waals surface area contributed by atoms with Gasteiger partial charge in [-0.05, 0) is 23.8 Å². The maximum absolute atomic E-state index is 13.1. The average Bonchev–Trinajstić information content (AvgIpc) is 2.85. The quantitative estimate of drug-likeness (QED) is 0.826. The van der Waals surface area contributed by atoms with Crippen molar-refractivity contribution in [2.24, 2.45) is 0 Å². The number of hydrogen-bond acceptors (Lipinski definition) is 3. The van der Waals surface area contributed by atoms with Crippen molar-refractivity contribution in [2.75, 3.05) is 11.9 Å². The van der Waals surface area contributed by atoms with E-state index >= 15 is 0 Å². The molecular weight excluding hydrogens is 325 g/mol. The maximum atomic E-state index is 13.1. The number of benzene rings is 2. The predicted molar refractivity (Wildman–Crippen MR) is 89.0 cm³/mol. The van der Waals surface area contributed by atoms with E-state index < -0.39 is 23.7 Å². The topological polar surface area (TPSA) is 78.5 Å². The molecule has 0 spiro atoms. The molecule has 0 fully saturated rings. The second-order valence-corrected chi connectivity index (χ2v) is 5.68. The van der Waals surface area contributed by atoms with Crippen LogP contribution in [-0.4, -0.2) is 24.8 Å². The first-order valence-corrected chi connectivity index (χ1v) is 7.67. The summed E-state index contributed by atoms with van der Waals surface area (Å²) in [6.07, 6.45) is 0. The zero-order valence-corrected chi connectivity index (χ0v) is 13.5. The standard InChI is InChI=1S/C18H16FN3O3/c1-22-14-8-3-2-7-13(14)15(18(22)25)21-17(24)16(23)20-10-11-5-4-6-12(19)9-11/h2-9,15H,10H2,1H3,(H,20,23)(H,21,24)/t15-/m1/s1. The Morgan fingerprint density at radius 1 is 1.12 bits per heavy atom. The van der Waals surface area contributed by atoms with Gasteiger partial charge in [0.2, 0.25) is 0 Å². The van der Waals surface area contributed by atoms with E-state index in [4.69, 9.17) is 0 Å². The lowest BCUT2D eigenvalue weighted by Gasteiger charge is -2.13. The van der Waals surface area contributed by atoms with Crippen molar-refractivity contribution in [1.29, 1.82) is 0 Å². The zero-order chi connectivity index (χ0) is 18.0. The van der Waals surface area contributed by atoms with Gasteiger partial charge in [0.15, 0.2) is 0 Å². The molecular formula is C18H16FN3O3. The van der Waals surface area contributed by atoms with E-state index in [1.165, 1.54) is 23.1 Å². The molecule has 0 saturated heterocycles. The first kappa shape index (κ1) is 16.6. The summed E-state index contributed by atoms with van der Waals surface area (Å²) < 4.78 is 13.1. The highest BCUT2D eigenvalue weighted by atomic mass is 19.1. The van der Waals surface area contributed by atoms with Crippen molar-refractivity contribution in [3.63, 3.8) is 0 Å². The van der Waals surface area contributed by atoms with Gasteiger partial charge in [-0.1, -0.05) is 30.3 Å². The Morgan fingerprint density at radius 3 is 2.64 bits per heavy atom. The summed E-state index contributed by atoms with van der Waals surface area (Å²) >= 11 is 0. The largest absolute Gasteiger partial charge is 0.344 e. The van der Waals surface area contributed by atoms with E-state index in [1.807, 2.05) is 0 Å². The van der Waals surface area contributed by atoms with Gasteiger partial charge in [0, 0.05) is 24.8 Å². The van der Waals surface area contributed by atoms with Gasteiger partial charge < -0.3 is 15.5 Å². The molecule has 0 radical (unpaired) electrons. The fourth-order valence-corrected chi connectivity index (χ4v) is 2.73. The molecule has 0 saturated carbocycles. The number of carbonyl (C=O) groups is 3. The Kier molecular flexibility index (Phi) is 4.47. The number of nitrogens with zero attached hydrogens (tertiary/aromatic N) is 1. The number of halogens is 1. The van der Waals surface area contributed by atoms with Gasteiger partial charge in [0.25, 0.3) is 5.91 Å². The molecule has 1 aliphatic rings. The summed E-state index contributed by atoms with van der Waals surface area (Å²) in [4.78, 5) is 37.7. The fourth-order valence-electron chi connectivity index (χ4n) is 2.73. The summed E-state index contributed by atoms with van der Waals surface area (Å²) in [5, 5.41) is 4.85. The number of fused-ring (bicyclic) bond motifs is 1. The molecule has 2 aromatic carbocycles. The Hall–Kier alpha value is -3.22. The number of para-hydroxylation sites is 1. The molecule has 3 rings (SSSR count).